The smallest absolute Gasteiger partial charge is 0.0449 e. The standard InChI is InChI=1S/C20H36N4/c1-22(2)16-17-23(3)15-12-21-20(19-10-6-4-7-11-19)18-24-13-8-5-9-14-24/h4,6-7,10-11,20-21H,5,8-9,12-18H2,1-3H3/t20-/m0/s1. The minimum atomic E-state index is 0.437. The van der Waals surface area contributed by atoms with E-state index in [-0.39, 0.29) is 0 Å². The average Bonchev–Trinajstić information content (AvgIpc) is 2.61. The molecule has 1 saturated heterocycles. The lowest BCUT2D eigenvalue weighted by molar-refractivity contribution is 0.202. The predicted octanol–water partition coefficient (Wildman–Crippen LogP) is 2.30. The van der Waals surface area contributed by atoms with Crippen molar-refractivity contribution in [3.63, 3.8) is 0 Å². The largest absolute Gasteiger partial charge is 0.308 e. The van der Waals surface area contributed by atoms with Crippen molar-refractivity contribution in [1.82, 2.24) is 20.0 Å². The third-order valence-electron chi connectivity index (χ3n) is 4.90. The Bertz CT molecular complexity index is 429. The Morgan fingerprint density at radius 1 is 0.958 bits per heavy atom. The first-order valence-corrected chi connectivity index (χ1v) is 9.49. The van der Waals surface area contributed by atoms with Crippen molar-refractivity contribution in [3.8, 4) is 0 Å². The highest BCUT2D eigenvalue weighted by Crippen LogP contribution is 2.17. The molecule has 0 aromatic heterocycles. The molecule has 0 amide bonds. The first kappa shape index (κ1) is 19.4. The average molecular weight is 333 g/mol. The summed E-state index contributed by atoms with van der Waals surface area (Å²) in [4.78, 5) is 7.28. The van der Waals surface area contributed by atoms with E-state index in [4.69, 9.17) is 0 Å². The fourth-order valence-corrected chi connectivity index (χ4v) is 3.29. The number of rotatable bonds is 10. The number of piperidine rings is 1. The zero-order valence-electron chi connectivity index (χ0n) is 15.9. The lowest BCUT2D eigenvalue weighted by atomic mass is 10.0. The Morgan fingerprint density at radius 3 is 2.33 bits per heavy atom. The minimum Gasteiger partial charge on any atom is -0.308 e. The SMILES string of the molecule is CN(C)CCN(C)CCN[C@@H](CN1CCCCC1)c1ccccc1. The van der Waals surface area contributed by atoms with E-state index < -0.39 is 0 Å². The highest BCUT2D eigenvalue weighted by Gasteiger charge is 2.17. The van der Waals surface area contributed by atoms with Gasteiger partial charge in [-0.05, 0) is 52.6 Å². The third kappa shape index (κ3) is 7.31. The van der Waals surface area contributed by atoms with Crippen LogP contribution in [0.25, 0.3) is 0 Å². The molecule has 0 aliphatic carbocycles. The van der Waals surface area contributed by atoms with Crippen molar-refractivity contribution in [2.45, 2.75) is 25.3 Å². The molecule has 1 heterocycles. The second-order valence-corrected chi connectivity index (χ2v) is 7.39. The molecule has 1 atom stereocenters. The van der Waals surface area contributed by atoms with Crippen LogP contribution in [0.15, 0.2) is 30.3 Å². The molecule has 4 nitrogen and oxygen atoms in total. The van der Waals surface area contributed by atoms with E-state index in [1.807, 2.05) is 0 Å². The number of hydrogen-bond donors (Lipinski definition) is 1. The molecular formula is C20H36N4. The van der Waals surface area contributed by atoms with Gasteiger partial charge in [0.05, 0.1) is 0 Å². The predicted molar refractivity (Wildman–Crippen MR) is 104 cm³/mol. The van der Waals surface area contributed by atoms with E-state index in [0.29, 0.717) is 6.04 Å². The maximum absolute atomic E-state index is 3.80. The molecule has 1 aliphatic heterocycles. The van der Waals surface area contributed by atoms with Crippen molar-refractivity contribution in [2.24, 2.45) is 0 Å². The summed E-state index contributed by atoms with van der Waals surface area (Å²) in [6.45, 7) is 8.02. The van der Waals surface area contributed by atoms with Crippen LogP contribution in [0.4, 0.5) is 0 Å². The molecule has 0 spiro atoms. The minimum absolute atomic E-state index is 0.437. The molecule has 2 rings (SSSR count). The number of nitrogens with zero attached hydrogens (tertiary/aromatic N) is 3. The molecule has 4 heteroatoms. The van der Waals surface area contributed by atoms with Gasteiger partial charge < -0.3 is 20.0 Å². The normalized spacial score (nSPS) is 17.5. The summed E-state index contributed by atoms with van der Waals surface area (Å²) in [5.74, 6) is 0. The van der Waals surface area contributed by atoms with E-state index in [1.54, 1.807) is 0 Å². The molecule has 24 heavy (non-hydrogen) atoms. The summed E-state index contributed by atoms with van der Waals surface area (Å²) < 4.78 is 0. The molecule has 136 valence electrons. The summed E-state index contributed by atoms with van der Waals surface area (Å²) in [6, 6.07) is 11.4. The molecule has 1 N–H and O–H groups in total. The molecule has 1 aromatic carbocycles. The van der Waals surface area contributed by atoms with Gasteiger partial charge in [-0.15, -0.1) is 0 Å². The van der Waals surface area contributed by atoms with Crippen molar-refractivity contribution in [3.05, 3.63) is 35.9 Å². The van der Waals surface area contributed by atoms with Crippen molar-refractivity contribution < 1.29 is 0 Å². The number of likely N-dealkylation sites (tertiary alicyclic amines) is 1. The maximum atomic E-state index is 3.80. The van der Waals surface area contributed by atoms with E-state index in [2.05, 4.69) is 71.5 Å². The Labute approximate surface area is 148 Å². The van der Waals surface area contributed by atoms with Gasteiger partial charge in [0.1, 0.15) is 0 Å². The van der Waals surface area contributed by atoms with Gasteiger partial charge in [-0.2, -0.15) is 0 Å². The van der Waals surface area contributed by atoms with Gasteiger partial charge in [0.25, 0.3) is 0 Å². The van der Waals surface area contributed by atoms with Gasteiger partial charge in [-0.3, -0.25) is 0 Å². The van der Waals surface area contributed by atoms with Crippen molar-refractivity contribution in [2.75, 3.05) is 67.0 Å². The van der Waals surface area contributed by atoms with Crippen LogP contribution in [0.5, 0.6) is 0 Å². The summed E-state index contributed by atoms with van der Waals surface area (Å²) >= 11 is 0. The molecule has 0 radical (unpaired) electrons. The third-order valence-corrected chi connectivity index (χ3v) is 4.90. The molecule has 1 aromatic rings. The first-order chi connectivity index (χ1) is 11.6. The molecule has 0 unspecified atom stereocenters. The number of likely N-dealkylation sites (N-methyl/N-ethyl adjacent to an activating group) is 2. The Morgan fingerprint density at radius 2 is 1.67 bits per heavy atom. The van der Waals surface area contributed by atoms with Crippen LogP contribution >= 0.6 is 0 Å². The first-order valence-electron chi connectivity index (χ1n) is 9.49. The van der Waals surface area contributed by atoms with Crippen LogP contribution < -0.4 is 5.32 Å². The fourth-order valence-electron chi connectivity index (χ4n) is 3.29. The Balaban J connectivity index is 1.82. The topological polar surface area (TPSA) is 21.8 Å². The van der Waals surface area contributed by atoms with Gasteiger partial charge in [-0.1, -0.05) is 36.8 Å². The molecule has 0 bridgehead atoms. The van der Waals surface area contributed by atoms with Crippen LogP contribution in [-0.4, -0.2) is 81.7 Å². The summed E-state index contributed by atoms with van der Waals surface area (Å²) in [7, 11) is 6.49. The highest BCUT2D eigenvalue weighted by molar-refractivity contribution is 5.19. The Hall–Kier alpha value is -0.940. The number of hydrogen-bond acceptors (Lipinski definition) is 4. The lowest BCUT2D eigenvalue weighted by Crippen LogP contribution is -2.40. The van der Waals surface area contributed by atoms with Crippen molar-refractivity contribution in [1.29, 1.82) is 0 Å². The summed E-state index contributed by atoms with van der Waals surface area (Å²) in [5, 5.41) is 3.80. The van der Waals surface area contributed by atoms with E-state index in [1.165, 1.54) is 37.9 Å². The fraction of sp³-hybridized carbons (Fsp3) is 0.700. The zero-order valence-corrected chi connectivity index (χ0v) is 15.9. The summed E-state index contributed by atoms with van der Waals surface area (Å²) in [5.41, 5.74) is 1.42. The van der Waals surface area contributed by atoms with E-state index in [9.17, 15) is 0 Å². The summed E-state index contributed by atoms with van der Waals surface area (Å²) in [6.07, 6.45) is 4.11. The highest BCUT2D eigenvalue weighted by atomic mass is 15.2. The molecule has 0 saturated carbocycles. The number of benzene rings is 1. The van der Waals surface area contributed by atoms with E-state index in [0.717, 1.165) is 32.7 Å². The van der Waals surface area contributed by atoms with Crippen LogP contribution in [0, 0.1) is 0 Å². The zero-order chi connectivity index (χ0) is 17.2. The monoisotopic (exact) mass is 332 g/mol. The van der Waals surface area contributed by atoms with Crippen LogP contribution in [0.1, 0.15) is 30.9 Å². The van der Waals surface area contributed by atoms with Gasteiger partial charge >= 0.3 is 0 Å². The lowest BCUT2D eigenvalue weighted by Gasteiger charge is -2.31. The quantitative estimate of drug-likeness (QED) is 0.710. The van der Waals surface area contributed by atoms with Gasteiger partial charge in [0.15, 0.2) is 0 Å². The van der Waals surface area contributed by atoms with Crippen LogP contribution in [0.2, 0.25) is 0 Å². The van der Waals surface area contributed by atoms with E-state index >= 15 is 0 Å². The van der Waals surface area contributed by atoms with Gasteiger partial charge in [-0.25, -0.2) is 0 Å². The molecule has 1 fully saturated rings. The Kier molecular flexibility index (Phi) is 8.75. The number of nitrogens with one attached hydrogen (secondary N) is 1. The van der Waals surface area contributed by atoms with Gasteiger partial charge in [0, 0.05) is 38.8 Å². The maximum Gasteiger partial charge on any atom is 0.0449 e. The van der Waals surface area contributed by atoms with Gasteiger partial charge in [0.2, 0.25) is 0 Å². The van der Waals surface area contributed by atoms with Crippen molar-refractivity contribution >= 4 is 0 Å². The molecule has 1 aliphatic rings. The van der Waals surface area contributed by atoms with Crippen LogP contribution in [0.3, 0.4) is 0 Å². The van der Waals surface area contributed by atoms with Crippen LogP contribution in [-0.2, 0) is 0 Å². The molecular weight excluding hydrogens is 296 g/mol. The second kappa shape index (κ2) is 10.8. The second-order valence-electron chi connectivity index (χ2n) is 7.39.